The van der Waals surface area contributed by atoms with Crippen molar-refractivity contribution in [2.24, 2.45) is 0 Å². The molecule has 1 aromatic rings. The molecule has 1 amide bonds. The molecule has 1 unspecified atom stereocenters. The van der Waals surface area contributed by atoms with Gasteiger partial charge in [0.15, 0.2) is 5.78 Å². The molecule has 0 bridgehead atoms. The Bertz CT molecular complexity index is 648. The molecule has 31 heavy (non-hydrogen) atoms. The van der Waals surface area contributed by atoms with Crippen LogP contribution >= 0.6 is 0 Å². The van der Waals surface area contributed by atoms with Crippen molar-refractivity contribution in [3.63, 3.8) is 0 Å². The van der Waals surface area contributed by atoms with Crippen LogP contribution in [0.4, 0.5) is 0 Å². The van der Waals surface area contributed by atoms with Gasteiger partial charge in [-0.05, 0) is 51.0 Å². The van der Waals surface area contributed by atoms with E-state index < -0.39 is 6.04 Å². The minimum atomic E-state index is -0.424. The number of benzene rings is 1. The molecule has 172 valence electrons. The maximum Gasteiger partial charge on any atom is 0.220 e. The fourth-order valence-corrected chi connectivity index (χ4v) is 3.53. The predicted molar refractivity (Wildman–Crippen MR) is 132 cm³/mol. The highest BCUT2D eigenvalue weighted by Gasteiger charge is 2.17. The average Bonchev–Trinajstić information content (AvgIpc) is 2.76. The van der Waals surface area contributed by atoms with Crippen LogP contribution < -0.4 is 5.32 Å². The first-order chi connectivity index (χ1) is 15.1. The average molecular weight is 426 g/mol. The quantitative estimate of drug-likeness (QED) is 0.201. The van der Waals surface area contributed by atoms with Gasteiger partial charge < -0.3 is 5.32 Å². The number of carbonyl (C=O) groups excluding carboxylic acids is 2. The van der Waals surface area contributed by atoms with Crippen molar-refractivity contribution in [2.45, 2.75) is 103 Å². The molecule has 1 atom stereocenters. The molecule has 0 saturated heterocycles. The number of ketones is 1. The molecule has 1 N–H and O–H groups in total. The summed E-state index contributed by atoms with van der Waals surface area (Å²) in [6, 6.07) is 9.42. The first-order valence-corrected chi connectivity index (χ1v) is 12.3. The minimum Gasteiger partial charge on any atom is -0.346 e. The van der Waals surface area contributed by atoms with Crippen LogP contribution in [-0.4, -0.2) is 17.7 Å². The number of Topliss-reactive ketones (excluding diaryl/α,β-unsaturated/α-hetero) is 1. The van der Waals surface area contributed by atoms with Crippen molar-refractivity contribution in [1.29, 1.82) is 0 Å². The zero-order valence-corrected chi connectivity index (χ0v) is 19.8. The lowest BCUT2D eigenvalue weighted by atomic mass is 10.0. The highest BCUT2D eigenvalue weighted by atomic mass is 16.2. The predicted octanol–water partition coefficient (Wildman–Crippen LogP) is 7.12. The molecule has 0 fully saturated rings. The lowest BCUT2D eigenvalue weighted by Crippen LogP contribution is -2.41. The molecule has 0 aliphatic rings. The monoisotopic (exact) mass is 425 g/mol. The van der Waals surface area contributed by atoms with Crippen LogP contribution in [0.1, 0.15) is 96.5 Å². The molecule has 0 aliphatic heterocycles. The van der Waals surface area contributed by atoms with E-state index in [0.29, 0.717) is 12.8 Å². The van der Waals surface area contributed by atoms with Crippen molar-refractivity contribution in [2.75, 3.05) is 0 Å². The molecule has 1 rings (SSSR count). The highest BCUT2D eigenvalue weighted by molar-refractivity contribution is 5.87. The van der Waals surface area contributed by atoms with Crippen molar-refractivity contribution in [1.82, 2.24) is 5.32 Å². The van der Waals surface area contributed by atoms with Gasteiger partial charge in [0.1, 0.15) is 0 Å². The molecular weight excluding hydrogens is 382 g/mol. The minimum absolute atomic E-state index is 0.0107. The smallest absolute Gasteiger partial charge is 0.220 e. The molecule has 1 aromatic carbocycles. The van der Waals surface area contributed by atoms with Gasteiger partial charge in [-0.25, -0.2) is 0 Å². The molecule has 3 heteroatoms. The maximum atomic E-state index is 12.2. The van der Waals surface area contributed by atoms with E-state index in [1.165, 1.54) is 44.9 Å². The third-order valence-electron chi connectivity index (χ3n) is 5.49. The molecule has 0 radical (unpaired) electrons. The largest absolute Gasteiger partial charge is 0.346 e. The van der Waals surface area contributed by atoms with Gasteiger partial charge in [-0.15, -0.1) is 0 Å². The summed E-state index contributed by atoms with van der Waals surface area (Å²) in [6.45, 7) is 3.79. The summed E-state index contributed by atoms with van der Waals surface area (Å²) in [4.78, 5) is 24.1. The molecule has 0 aliphatic carbocycles. The third kappa shape index (κ3) is 15.3. The Balaban J connectivity index is 2.04. The van der Waals surface area contributed by atoms with E-state index in [1.54, 1.807) is 6.92 Å². The van der Waals surface area contributed by atoms with Crippen molar-refractivity contribution < 1.29 is 9.59 Å². The number of rotatable bonds is 18. The van der Waals surface area contributed by atoms with E-state index in [4.69, 9.17) is 0 Å². The fraction of sp³-hybridized carbons (Fsp3) is 0.571. The molecule has 0 aromatic heterocycles. The van der Waals surface area contributed by atoms with Crippen molar-refractivity contribution in [3.05, 3.63) is 60.2 Å². The lowest BCUT2D eigenvalue weighted by Gasteiger charge is -2.16. The Morgan fingerprint density at radius 1 is 0.839 bits per heavy atom. The maximum absolute atomic E-state index is 12.2. The zero-order chi connectivity index (χ0) is 22.6. The summed E-state index contributed by atoms with van der Waals surface area (Å²) in [6.07, 6.45) is 23.1. The van der Waals surface area contributed by atoms with E-state index in [-0.39, 0.29) is 11.7 Å². The highest BCUT2D eigenvalue weighted by Crippen LogP contribution is 2.09. The van der Waals surface area contributed by atoms with Crippen molar-refractivity contribution >= 4 is 11.7 Å². The topological polar surface area (TPSA) is 46.2 Å². The Morgan fingerprint density at radius 3 is 2.03 bits per heavy atom. The molecule has 0 spiro atoms. The van der Waals surface area contributed by atoms with Gasteiger partial charge in [0.2, 0.25) is 5.91 Å². The fourth-order valence-electron chi connectivity index (χ4n) is 3.53. The summed E-state index contributed by atoms with van der Waals surface area (Å²) in [5.41, 5.74) is 1.07. The lowest BCUT2D eigenvalue weighted by molar-refractivity contribution is -0.126. The number of amides is 1. The van der Waals surface area contributed by atoms with Gasteiger partial charge in [-0.1, -0.05) is 100 Å². The molecule has 0 heterocycles. The Kier molecular flexibility index (Phi) is 16.1. The summed E-state index contributed by atoms with van der Waals surface area (Å²) in [5.74, 6) is -0.00265. The van der Waals surface area contributed by atoms with E-state index in [1.807, 2.05) is 30.3 Å². The number of hydrogen-bond donors (Lipinski definition) is 1. The van der Waals surface area contributed by atoms with E-state index in [9.17, 15) is 9.59 Å². The second kappa shape index (κ2) is 18.6. The van der Waals surface area contributed by atoms with Crippen LogP contribution in [0.2, 0.25) is 0 Å². The van der Waals surface area contributed by atoms with Gasteiger partial charge in [-0.3, -0.25) is 9.59 Å². The normalized spacial score (nSPS) is 12.5. The summed E-state index contributed by atoms with van der Waals surface area (Å²) < 4.78 is 0. The van der Waals surface area contributed by atoms with E-state index in [2.05, 4.69) is 36.5 Å². The number of nitrogens with one attached hydrogen (secondary N) is 1. The Hall–Kier alpha value is -2.16. The number of unbranched alkanes of at least 4 members (excludes halogenated alkanes) is 9. The summed E-state index contributed by atoms with van der Waals surface area (Å²) >= 11 is 0. The van der Waals surface area contributed by atoms with Crippen LogP contribution in [0.25, 0.3) is 0 Å². The van der Waals surface area contributed by atoms with E-state index in [0.717, 1.165) is 31.2 Å². The van der Waals surface area contributed by atoms with Gasteiger partial charge >= 0.3 is 0 Å². The SMILES string of the molecule is CCCCCC/C=C/C=C\CCCCCCCC(=O)NC(Cc1ccccc1)C(C)=O. The Labute approximate surface area is 190 Å². The number of hydrogen-bond acceptors (Lipinski definition) is 2. The van der Waals surface area contributed by atoms with Crippen LogP contribution in [0.15, 0.2) is 54.6 Å². The van der Waals surface area contributed by atoms with Crippen LogP contribution in [-0.2, 0) is 16.0 Å². The number of carbonyl (C=O) groups is 2. The standard InChI is InChI=1S/C28H43NO2/c1-3-4-5-6-7-8-9-10-11-12-13-14-15-16-20-23-28(31)29-27(25(2)30)24-26-21-18-17-19-22-26/h8-11,17-19,21-22,27H,3-7,12-16,20,23-24H2,1-2H3,(H,29,31)/b9-8+,11-10-. The van der Waals surface area contributed by atoms with Gasteiger partial charge in [0, 0.05) is 6.42 Å². The van der Waals surface area contributed by atoms with Crippen molar-refractivity contribution in [3.8, 4) is 0 Å². The van der Waals surface area contributed by atoms with Crippen LogP contribution in [0.3, 0.4) is 0 Å². The summed E-state index contributed by atoms with van der Waals surface area (Å²) in [5, 5.41) is 2.91. The zero-order valence-electron chi connectivity index (χ0n) is 19.8. The van der Waals surface area contributed by atoms with Gasteiger partial charge in [0.05, 0.1) is 6.04 Å². The van der Waals surface area contributed by atoms with Crippen LogP contribution in [0, 0.1) is 0 Å². The first-order valence-electron chi connectivity index (χ1n) is 12.3. The molecule has 0 saturated carbocycles. The number of allylic oxidation sites excluding steroid dienone is 4. The second-order valence-electron chi connectivity index (χ2n) is 8.43. The molecule has 3 nitrogen and oxygen atoms in total. The van der Waals surface area contributed by atoms with Gasteiger partial charge in [0.25, 0.3) is 0 Å². The van der Waals surface area contributed by atoms with Crippen LogP contribution in [0.5, 0.6) is 0 Å². The Morgan fingerprint density at radius 2 is 1.42 bits per heavy atom. The summed E-state index contributed by atoms with van der Waals surface area (Å²) in [7, 11) is 0. The third-order valence-corrected chi connectivity index (χ3v) is 5.49. The second-order valence-corrected chi connectivity index (χ2v) is 8.43. The molecular formula is C28H43NO2. The van der Waals surface area contributed by atoms with Gasteiger partial charge in [-0.2, -0.15) is 0 Å². The van der Waals surface area contributed by atoms with E-state index >= 15 is 0 Å². The first kappa shape index (κ1) is 26.9.